The highest BCUT2D eigenvalue weighted by Gasteiger charge is 2.16. The lowest BCUT2D eigenvalue weighted by molar-refractivity contribution is 0.0601. The van der Waals surface area contributed by atoms with Crippen molar-refractivity contribution in [1.82, 2.24) is 19.7 Å². The second kappa shape index (κ2) is 8.93. The molecule has 0 aliphatic heterocycles. The summed E-state index contributed by atoms with van der Waals surface area (Å²) in [5.74, 6) is 0.780. The molecule has 9 nitrogen and oxygen atoms in total. The molecular formula is C22H23N5O4S. The summed E-state index contributed by atoms with van der Waals surface area (Å²) in [6.07, 6.45) is 1.65. The molecule has 0 atom stereocenters. The first-order valence-electron chi connectivity index (χ1n) is 9.97. The largest absolute Gasteiger partial charge is 0.465 e. The van der Waals surface area contributed by atoms with Gasteiger partial charge in [0, 0.05) is 30.4 Å². The van der Waals surface area contributed by atoms with Gasteiger partial charge in [0.2, 0.25) is 10.0 Å². The first-order valence-corrected chi connectivity index (χ1v) is 11.9. The first kappa shape index (κ1) is 21.7. The van der Waals surface area contributed by atoms with Crippen molar-refractivity contribution in [1.29, 1.82) is 0 Å². The predicted octanol–water partition coefficient (Wildman–Crippen LogP) is 2.45. The Kier molecular flexibility index (Phi) is 6.06. The summed E-state index contributed by atoms with van der Waals surface area (Å²) in [6, 6.07) is 15.1. The molecule has 2 heterocycles. The van der Waals surface area contributed by atoms with Crippen LogP contribution in [0.1, 0.15) is 21.7 Å². The third-order valence-corrected chi connectivity index (χ3v) is 5.63. The van der Waals surface area contributed by atoms with Crippen molar-refractivity contribution >= 4 is 43.7 Å². The van der Waals surface area contributed by atoms with Crippen molar-refractivity contribution < 1.29 is 17.9 Å². The summed E-state index contributed by atoms with van der Waals surface area (Å²) in [5, 5.41) is 4.84. The lowest BCUT2D eigenvalue weighted by atomic mass is 10.1. The Bertz CT molecular complexity index is 1380. The van der Waals surface area contributed by atoms with Gasteiger partial charge in [0.25, 0.3) is 0 Å². The minimum Gasteiger partial charge on any atom is -0.465 e. The SMILES string of the molecule is COC(=O)c1ccc2c(c1)[nH]c1nc(Cc3ccccc3)nc(NCCNS(C)(=O)=O)c12. The molecule has 10 heteroatoms. The Morgan fingerprint density at radius 1 is 1.09 bits per heavy atom. The van der Waals surface area contributed by atoms with Crippen LogP contribution in [0.25, 0.3) is 21.9 Å². The van der Waals surface area contributed by atoms with Crippen LogP contribution in [0.15, 0.2) is 48.5 Å². The fraction of sp³-hybridized carbons (Fsp3) is 0.227. The van der Waals surface area contributed by atoms with Crippen molar-refractivity contribution in [3.63, 3.8) is 0 Å². The van der Waals surface area contributed by atoms with E-state index in [2.05, 4.69) is 15.0 Å². The number of carbonyl (C=O) groups is 1. The number of nitrogens with zero attached hydrogens (tertiary/aromatic N) is 2. The summed E-state index contributed by atoms with van der Waals surface area (Å²) in [7, 11) is -1.94. The fourth-order valence-corrected chi connectivity index (χ4v) is 3.97. The van der Waals surface area contributed by atoms with Gasteiger partial charge in [0.1, 0.15) is 17.3 Å². The van der Waals surface area contributed by atoms with E-state index in [0.717, 1.165) is 28.1 Å². The second-order valence-electron chi connectivity index (χ2n) is 7.34. The van der Waals surface area contributed by atoms with Crippen LogP contribution < -0.4 is 10.0 Å². The minimum atomic E-state index is -3.28. The minimum absolute atomic E-state index is 0.215. The number of aromatic amines is 1. The van der Waals surface area contributed by atoms with Gasteiger partial charge >= 0.3 is 5.97 Å². The number of anilines is 1. The quantitative estimate of drug-likeness (QED) is 0.276. The number of hydrogen-bond donors (Lipinski definition) is 3. The van der Waals surface area contributed by atoms with Gasteiger partial charge in [-0.3, -0.25) is 0 Å². The number of aromatic nitrogens is 3. The number of hydrogen-bond acceptors (Lipinski definition) is 7. The molecule has 0 radical (unpaired) electrons. The Hall–Kier alpha value is -3.50. The molecule has 0 unspecified atom stereocenters. The van der Waals surface area contributed by atoms with Gasteiger partial charge in [0.15, 0.2) is 0 Å². The zero-order chi connectivity index (χ0) is 22.7. The van der Waals surface area contributed by atoms with Crippen molar-refractivity contribution in [2.24, 2.45) is 0 Å². The van der Waals surface area contributed by atoms with E-state index in [1.54, 1.807) is 12.1 Å². The Morgan fingerprint density at radius 3 is 2.59 bits per heavy atom. The number of nitrogens with one attached hydrogen (secondary N) is 3. The highest BCUT2D eigenvalue weighted by atomic mass is 32.2. The number of benzene rings is 2. The zero-order valence-corrected chi connectivity index (χ0v) is 18.5. The Morgan fingerprint density at radius 2 is 1.88 bits per heavy atom. The van der Waals surface area contributed by atoms with E-state index in [0.29, 0.717) is 35.8 Å². The number of fused-ring (bicyclic) bond motifs is 3. The van der Waals surface area contributed by atoms with Crippen LogP contribution in [-0.4, -0.2) is 55.8 Å². The number of ether oxygens (including phenoxy) is 1. The maximum atomic E-state index is 11.9. The average Bonchev–Trinajstić information content (AvgIpc) is 3.13. The molecule has 166 valence electrons. The van der Waals surface area contributed by atoms with Crippen molar-refractivity contribution in [3.8, 4) is 0 Å². The summed E-state index contributed by atoms with van der Waals surface area (Å²) in [5.41, 5.74) is 2.85. The third kappa shape index (κ3) is 4.87. The molecule has 4 rings (SSSR count). The van der Waals surface area contributed by atoms with Gasteiger partial charge in [-0.15, -0.1) is 0 Å². The van der Waals surface area contributed by atoms with E-state index in [4.69, 9.17) is 14.7 Å². The topological polar surface area (TPSA) is 126 Å². The summed E-state index contributed by atoms with van der Waals surface area (Å²) in [4.78, 5) is 24.6. The third-order valence-electron chi connectivity index (χ3n) is 4.91. The molecule has 32 heavy (non-hydrogen) atoms. The van der Waals surface area contributed by atoms with E-state index in [1.807, 2.05) is 36.4 Å². The van der Waals surface area contributed by atoms with Crippen molar-refractivity contribution in [2.75, 3.05) is 31.8 Å². The van der Waals surface area contributed by atoms with Crippen LogP contribution in [0.2, 0.25) is 0 Å². The van der Waals surface area contributed by atoms with Crippen LogP contribution in [-0.2, 0) is 21.2 Å². The molecule has 3 N–H and O–H groups in total. The molecule has 0 amide bonds. The number of sulfonamides is 1. The van der Waals surface area contributed by atoms with Crippen LogP contribution in [0.3, 0.4) is 0 Å². The van der Waals surface area contributed by atoms with Gasteiger partial charge in [-0.2, -0.15) is 0 Å². The maximum absolute atomic E-state index is 11.9. The fourth-order valence-electron chi connectivity index (χ4n) is 3.49. The van der Waals surface area contributed by atoms with Crippen LogP contribution in [0.4, 0.5) is 5.82 Å². The molecule has 2 aromatic heterocycles. The molecule has 2 aromatic carbocycles. The molecule has 0 aliphatic rings. The summed E-state index contributed by atoms with van der Waals surface area (Å²) in [6.45, 7) is 0.560. The van der Waals surface area contributed by atoms with Gasteiger partial charge in [-0.25, -0.2) is 27.9 Å². The van der Waals surface area contributed by atoms with Crippen molar-refractivity contribution in [3.05, 3.63) is 65.5 Å². The van der Waals surface area contributed by atoms with Crippen LogP contribution >= 0.6 is 0 Å². The van der Waals surface area contributed by atoms with Crippen LogP contribution in [0, 0.1) is 0 Å². The molecule has 4 aromatic rings. The van der Waals surface area contributed by atoms with E-state index < -0.39 is 16.0 Å². The highest BCUT2D eigenvalue weighted by molar-refractivity contribution is 7.88. The van der Waals surface area contributed by atoms with E-state index in [-0.39, 0.29) is 6.54 Å². The molecule has 0 aliphatic carbocycles. The average molecular weight is 454 g/mol. The predicted molar refractivity (Wildman–Crippen MR) is 123 cm³/mol. The van der Waals surface area contributed by atoms with Gasteiger partial charge in [-0.1, -0.05) is 36.4 Å². The summed E-state index contributed by atoms with van der Waals surface area (Å²) >= 11 is 0. The number of H-pyrrole nitrogens is 1. The monoisotopic (exact) mass is 453 g/mol. The summed E-state index contributed by atoms with van der Waals surface area (Å²) < 4.78 is 30.0. The standard InChI is InChI=1S/C22H23N5O4S/c1-31-22(28)15-8-9-16-17(13-15)25-21-19(16)20(23-10-11-24-32(2,29)30)26-18(27-21)12-14-6-4-3-5-7-14/h3-9,13,24H,10-12H2,1-2H3,(H2,23,25,26,27). The maximum Gasteiger partial charge on any atom is 0.337 e. The lowest BCUT2D eigenvalue weighted by Crippen LogP contribution is -2.27. The molecular weight excluding hydrogens is 430 g/mol. The second-order valence-corrected chi connectivity index (χ2v) is 9.18. The van der Waals surface area contributed by atoms with Gasteiger partial charge in [0.05, 0.1) is 24.3 Å². The number of methoxy groups -OCH3 is 1. The van der Waals surface area contributed by atoms with E-state index >= 15 is 0 Å². The van der Waals surface area contributed by atoms with Gasteiger partial charge < -0.3 is 15.0 Å². The molecule has 0 fully saturated rings. The molecule has 0 spiro atoms. The van der Waals surface area contributed by atoms with E-state index in [9.17, 15) is 13.2 Å². The first-order chi connectivity index (χ1) is 15.3. The Labute approximate surface area is 185 Å². The van der Waals surface area contributed by atoms with Gasteiger partial charge in [-0.05, 0) is 17.7 Å². The molecule has 0 saturated carbocycles. The van der Waals surface area contributed by atoms with Crippen molar-refractivity contribution in [2.45, 2.75) is 6.42 Å². The van der Waals surface area contributed by atoms with E-state index in [1.165, 1.54) is 7.11 Å². The zero-order valence-electron chi connectivity index (χ0n) is 17.7. The lowest BCUT2D eigenvalue weighted by Gasteiger charge is -2.10. The highest BCUT2D eigenvalue weighted by Crippen LogP contribution is 2.30. The number of carbonyl (C=O) groups excluding carboxylic acids is 1. The Balaban J connectivity index is 1.75. The smallest absolute Gasteiger partial charge is 0.337 e. The number of esters is 1. The molecule has 0 saturated heterocycles. The normalized spacial score (nSPS) is 11.7. The molecule has 0 bridgehead atoms. The number of rotatable bonds is 8. The van der Waals surface area contributed by atoms with Crippen LogP contribution in [0.5, 0.6) is 0 Å².